The quantitative estimate of drug-likeness (QED) is 0.763. The number of rotatable bonds is 2. The Kier molecular flexibility index (Phi) is 5.51. The van der Waals surface area contributed by atoms with Crippen LogP contribution >= 0.6 is 0 Å². The van der Waals surface area contributed by atoms with Crippen LogP contribution in [0.1, 0.15) is 24.4 Å². The zero-order chi connectivity index (χ0) is 20.7. The Balaban J connectivity index is 1.54. The van der Waals surface area contributed by atoms with Crippen molar-refractivity contribution >= 4 is 11.9 Å². The molecule has 0 unspecified atom stereocenters. The predicted octanol–water partition coefficient (Wildman–Crippen LogP) is 2.28. The molecule has 7 heteroatoms. The predicted molar refractivity (Wildman–Crippen MR) is 109 cm³/mol. The number of hydrogen-bond acceptors (Lipinski definition) is 3. The molecule has 29 heavy (non-hydrogen) atoms. The van der Waals surface area contributed by atoms with Crippen LogP contribution in [0.4, 0.5) is 9.18 Å². The fourth-order valence-electron chi connectivity index (χ4n) is 5.31. The van der Waals surface area contributed by atoms with E-state index in [0.717, 1.165) is 31.5 Å². The third-order valence-corrected chi connectivity index (χ3v) is 6.86. The number of carbonyl (C=O) groups excluding carboxylic acids is 2. The summed E-state index contributed by atoms with van der Waals surface area (Å²) in [7, 11) is 5.59. The van der Waals surface area contributed by atoms with E-state index >= 15 is 0 Å². The molecule has 0 bridgehead atoms. The largest absolute Gasteiger partial charge is 0.342 e. The number of fused-ring (bicyclic) bond motifs is 1. The molecule has 3 atom stereocenters. The van der Waals surface area contributed by atoms with Crippen molar-refractivity contribution in [2.45, 2.75) is 18.9 Å². The van der Waals surface area contributed by atoms with E-state index in [1.54, 1.807) is 25.1 Å². The molecule has 0 aromatic heterocycles. The van der Waals surface area contributed by atoms with Gasteiger partial charge in [0.05, 0.1) is 6.04 Å². The van der Waals surface area contributed by atoms with Crippen molar-refractivity contribution in [3.8, 4) is 0 Å². The highest BCUT2D eigenvalue weighted by atomic mass is 19.1. The fraction of sp³-hybridized carbons (Fsp3) is 0.636. The Morgan fingerprint density at radius 1 is 1.10 bits per heavy atom. The Morgan fingerprint density at radius 2 is 1.83 bits per heavy atom. The summed E-state index contributed by atoms with van der Waals surface area (Å²) in [4.78, 5) is 33.6. The van der Waals surface area contributed by atoms with Gasteiger partial charge in [-0.25, -0.2) is 9.18 Å². The molecule has 0 aliphatic carbocycles. The van der Waals surface area contributed by atoms with Crippen molar-refractivity contribution in [1.82, 2.24) is 19.6 Å². The fourth-order valence-corrected chi connectivity index (χ4v) is 5.31. The third kappa shape index (κ3) is 3.84. The number of hydrogen-bond donors (Lipinski definition) is 0. The Morgan fingerprint density at radius 3 is 2.48 bits per heavy atom. The molecule has 6 nitrogen and oxygen atoms in total. The molecule has 0 spiro atoms. The maximum Gasteiger partial charge on any atom is 0.320 e. The second-order valence-electron chi connectivity index (χ2n) is 9.07. The van der Waals surface area contributed by atoms with Gasteiger partial charge in [0.15, 0.2) is 0 Å². The van der Waals surface area contributed by atoms with Gasteiger partial charge >= 0.3 is 6.03 Å². The number of carbonyl (C=O) groups is 2. The molecule has 1 aromatic carbocycles. The normalized spacial score (nSPS) is 27.9. The Hall–Kier alpha value is -2.15. The molecule has 3 fully saturated rings. The first-order chi connectivity index (χ1) is 13.8. The van der Waals surface area contributed by atoms with E-state index in [1.807, 2.05) is 15.9 Å². The van der Waals surface area contributed by atoms with Crippen LogP contribution in [-0.4, -0.2) is 85.4 Å². The molecule has 158 valence electrons. The van der Waals surface area contributed by atoms with Gasteiger partial charge in [-0.3, -0.25) is 4.79 Å². The van der Waals surface area contributed by atoms with Crippen LogP contribution in [-0.2, 0) is 4.79 Å². The molecular weight excluding hydrogens is 371 g/mol. The minimum atomic E-state index is -0.291. The second-order valence-corrected chi connectivity index (χ2v) is 9.07. The van der Waals surface area contributed by atoms with Crippen LogP contribution in [0, 0.1) is 23.6 Å². The molecule has 4 rings (SSSR count). The van der Waals surface area contributed by atoms with Gasteiger partial charge in [0.2, 0.25) is 5.91 Å². The van der Waals surface area contributed by atoms with Crippen LogP contribution in [0.3, 0.4) is 0 Å². The Bertz CT molecular complexity index is 778. The summed E-state index contributed by atoms with van der Waals surface area (Å²) in [5.74, 6) is 0.465. The average molecular weight is 403 g/mol. The van der Waals surface area contributed by atoms with E-state index in [9.17, 15) is 14.0 Å². The van der Waals surface area contributed by atoms with Crippen LogP contribution in [0.2, 0.25) is 0 Å². The number of likely N-dealkylation sites (tertiary alicyclic amines) is 3. The summed E-state index contributed by atoms with van der Waals surface area (Å²) in [6.45, 7) is 3.88. The smallest absolute Gasteiger partial charge is 0.320 e. The number of benzene rings is 1. The number of piperidine rings is 1. The van der Waals surface area contributed by atoms with Crippen molar-refractivity contribution in [1.29, 1.82) is 0 Å². The van der Waals surface area contributed by atoms with Crippen LogP contribution < -0.4 is 0 Å². The van der Waals surface area contributed by atoms with E-state index < -0.39 is 0 Å². The molecular formula is C22H31FN4O2. The lowest BCUT2D eigenvalue weighted by Gasteiger charge is -2.34. The molecule has 0 saturated carbocycles. The summed E-state index contributed by atoms with van der Waals surface area (Å²) >= 11 is 0. The van der Waals surface area contributed by atoms with Gasteiger partial charge in [-0.1, -0.05) is 12.1 Å². The van der Waals surface area contributed by atoms with Crippen molar-refractivity contribution < 1.29 is 14.0 Å². The molecule has 3 saturated heterocycles. The van der Waals surface area contributed by atoms with Crippen molar-refractivity contribution in [3.05, 3.63) is 35.6 Å². The number of amides is 3. The van der Waals surface area contributed by atoms with E-state index in [1.165, 1.54) is 12.1 Å². The summed E-state index contributed by atoms with van der Waals surface area (Å²) in [6, 6.07) is 6.31. The van der Waals surface area contributed by atoms with Crippen molar-refractivity contribution in [2.75, 3.05) is 53.9 Å². The molecule has 3 amide bonds. The maximum atomic E-state index is 13.9. The lowest BCUT2D eigenvalue weighted by Crippen LogP contribution is -2.44. The van der Waals surface area contributed by atoms with Gasteiger partial charge in [-0.05, 0) is 50.7 Å². The van der Waals surface area contributed by atoms with Crippen LogP contribution in [0.25, 0.3) is 0 Å². The molecule has 3 heterocycles. The monoisotopic (exact) mass is 402 g/mol. The summed E-state index contributed by atoms with van der Waals surface area (Å²) < 4.78 is 13.9. The lowest BCUT2D eigenvalue weighted by atomic mass is 9.89. The highest BCUT2D eigenvalue weighted by molar-refractivity contribution is 5.80. The van der Waals surface area contributed by atoms with E-state index in [-0.39, 0.29) is 41.6 Å². The molecule has 0 N–H and O–H groups in total. The van der Waals surface area contributed by atoms with E-state index in [2.05, 4.69) is 11.9 Å². The third-order valence-electron chi connectivity index (χ3n) is 6.86. The number of halogens is 1. The van der Waals surface area contributed by atoms with Gasteiger partial charge < -0.3 is 19.6 Å². The van der Waals surface area contributed by atoms with Crippen molar-refractivity contribution in [3.63, 3.8) is 0 Å². The topological polar surface area (TPSA) is 47.1 Å². The first-order valence-electron chi connectivity index (χ1n) is 10.6. The SMILES string of the molecule is CN1CCC(C(=O)N2C[C@@H]3CN(C(=O)N(C)C)[C@@H](c4cccc(F)c4)[C@@H]3C2)CC1. The molecule has 3 aliphatic rings. The standard InChI is InChI=1S/C22H31FN4O2/c1-24(2)22(29)27-13-17-12-26(21(28)15-7-9-25(3)10-8-15)14-19(17)20(27)16-5-4-6-18(23)11-16/h4-6,11,15,17,19-20H,7-10,12-14H2,1-3H3/t17-,19-,20+/m1/s1. The highest BCUT2D eigenvalue weighted by Gasteiger charge is 2.51. The minimum Gasteiger partial charge on any atom is -0.342 e. The lowest BCUT2D eigenvalue weighted by molar-refractivity contribution is -0.136. The number of nitrogens with zero attached hydrogens (tertiary/aromatic N) is 4. The van der Waals surface area contributed by atoms with Crippen LogP contribution in [0.5, 0.6) is 0 Å². The molecule has 1 aromatic rings. The van der Waals surface area contributed by atoms with Gasteiger partial charge in [-0.15, -0.1) is 0 Å². The second kappa shape index (κ2) is 7.94. The van der Waals surface area contributed by atoms with Gasteiger partial charge in [0, 0.05) is 51.5 Å². The molecule has 0 radical (unpaired) electrons. The first-order valence-corrected chi connectivity index (χ1v) is 10.6. The van der Waals surface area contributed by atoms with E-state index in [0.29, 0.717) is 19.6 Å². The van der Waals surface area contributed by atoms with Gasteiger partial charge in [0.1, 0.15) is 5.82 Å². The zero-order valence-electron chi connectivity index (χ0n) is 17.6. The van der Waals surface area contributed by atoms with E-state index in [4.69, 9.17) is 0 Å². The maximum absolute atomic E-state index is 13.9. The van der Waals surface area contributed by atoms with Gasteiger partial charge in [0.25, 0.3) is 0 Å². The summed E-state index contributed by atoms with van der Waals surface area (Å²) in [5, 5.41) is 0. The number of urea groups is 1. The zero-order valence-corrected chi connectivity index (χ0v) is 17.6. The van der Waals surface area contributed by atoms with Gasteiger partial charge in [-0.2, -0.15) is 0 Å². The summed E-state index contributed by atoms with van der Waals surface area (Å²) in [5.41, 5.74) is 0.821. The average Bonchev–Trinajstić information content (AvgIpc) is 3.25. The minimum absolute atomic E-state index is 0.0538. The first kappa shape index (κ1) is 20.1. The van der Waals surface area contributed by atoms with Crippen molar-refractivity contribution in [2.24, 2.45) is 17.8 Å². The molecule has 3 aliphatic heterocycles. The highest BCUT2D eigenvalue weighted by Crippen LogP contribution is 2.45. The summed E-state index contributed by atoms with van der Waals surface area (Å²) in [6.07, 6.45) is 1.83. The Labute approximate surface area is 172 Å². The van der Waals surface area contributed by atoms with Crippen LogP contribution in [0.15, 0.2) is 24.3 Å².